The zero-order valence-electron chi connectivity index (χ0n) is 6.03. The Labute approximate surface area is 62.3 Å². The molecule has 1 aliphatic rings. The first-order valence-corrected chi connectivity index (χ1v) is 3.65. The summed E-state index contributed by atoms with van der Waals surface area (Å²) in [6.45, 7) is 0. The Morgan fingerprint density at radius 1 is 0.500 bits per heavy atom. The van der Waals surface area contributed by atoms with Gasteiger partial charge in [-0.2, -0.15) is 0 Å². The van der Waals surface area contributed by atoms with Crippen molar-refractivity contribution >= 4 is 0 Å². The average molecular weight is 132 g/mol. The monoisotopic (exact) mass is 132 g/mol. The highest BCUT2D eigenvalue weighted by atomic mass is 13.8. The predicted molar refractivity (Wildman–Crippen MR) is 45.8 cm³/mol. The van der Waals surface area contributed by atoms with E-state index in [-0.39, 0.29) is 0 Å². The fourth-order valence-corrected chi connectivity index (χ4v) is 0.799. The van der Waals surface area contributed by atoms with E-state index in [1.165, 1.54) is 0 Å². The molecule has 0 atom stereocenters. The SMILES string of the molecule is C1=CCCC=C/C=C/C=C\1. The molecular weight excluding hydrogens is 120 g/mol. The lowest BCUT2D eigenvalue weighted by atomic mass is 10.2. The standard InChI is InChI=1S/C10H12/c1-2-4-6-8-10-9-7-5-3-1/h1-8H,9-10H2/b3-1-,4-2+,7-5?,8-6?. The van der Waals surface area contributed by atoms with Crippen molar-refractivity contribution in [2.24, 2.45) is 0 Å². The van der Waals surface area contributed by atoms with E-state index >= 15 is 0 Å². The quantitative estimate of drug-likeness (QED) is 0.475. The van der Waals surface area contributed by atoms with Crippen LogP contribution in [0.15, 0.2) is 48.6 Å². The number of allylic oxidation sites excluding steroid dienone is 8. The molecule has 0 saturated carbocycles. The zero-order valence-corrected chi connectivity index (χ0v) is 6.03. The first kappa shape index (κ1) is 7.07. The van der Waals surface area contributed by atoms with Crippen molar-refractivity contribution < 1.29 is 0 Å². The fourth-order valence-electron chi connectivity index (χ4n) is 0.799. The van der Waals surface area contributed by atoms with Gasteiger partial charge in [0, 0.05) is 0 Å². The van der Waals surface area contributed by atoms with E-state index in [2.05, 4.69) is 36.5 Å². The number of hydrogen-bond acceptors (Lipinski definition) is 0. The van der Waals surface area contributed by atoms with Gasteiger partial charge in [-0.25, -0.2) is 0 Å². The van der Waals surface area contributed by atoms with Gasteiger partial charge in [0.15, 0.2) is 0 Å². The van der Waals surface area contributed by atoms with Gasteiger partial charge in [-0.15, -0.1) is 0 Å². The summed E-state index contributed by atoms with van der Waals surface area (Å²) in [6.07, 6.45) is 19.0. The summed E-state index contributed by atoms with van der Waals surface area (Å²) in [6, 6.07) is 0. The molecule has 0 nitrogen and oxygen atoms in total. The summed E-state index contributed by atoms with van der Waals surface area (Å²) in [5.41, 5.74) is 0. The highest BCUT2D eigenvalue weighted by molar-refractivity contribution is 5.16. The van der Waals surface area contributed by atoms with Crippen LogP contribution in [0.25, 0.3) is 0 Å². The second-order valence-electron chi connectivity index (χ2n) is 2.20. The molecule has 0 saturated heterocycles. The summed E-state index contributed by atoms with van der Waals surface area (Å²) in [5.74, 6) is 0. The molecule has 0 radical (unpaired) electrons. The van der Waals surface area contributed by atoms with Gasteiger partial charge < -0.3 is 0 Å². The normalized spacial score (nSPS) is 24.0. The largest absolute Gasteiger partial charge is 0.0842 e. The summed E-state index contributed by atoms with van der Waals surface area (Å²) >= 11 is 0. The zero-order chi connectivity index (χ0) is 7.07. The molecular formula is C10H12. The van der Waals surface area contributed by atoms with E-state index in [0.717, 1.165) is 12.8 Å². The van der Waals surface area contributed by atoms with Gasteiger partial charge in [0.2, 0.25) is 0 Å². The van der Waals surface area contributed by atoms with Crippen LogP contribution in [0.4, 0.5) is 0 Å². The predicted octanol–water partition coefficient (Wildman–Crippen LogP) is 3.01. The Balaban J connectivity index is 2.53. The molecule has 52 valence electrons. The Morgan fingerprint density at radius 2 is 0.900 bits per heavy atom. The third kappa shape index (κ3) is 3.08. The van der Waals surface area contributed by atoms with Gasteiger partial charge in [-0.1, -0.05) is 48.6 Å². The van der Waals surface area contributed by atoms with E-state index in [1.807, 2.05) is 12.2 Å². The van der Waals surface area contributed by atoms with Crippen LogP contribution in [0.2, 0.25) is 0 Å². The minimum atomic E-state index is 1.15. The number of hydrogen-bond donors (Lipinski definition) is 0. The van der Waals surface area contributed by atoms with Crippen LogP contribution in [0, 0.1) is 0 Å². The van der Waals surface area contributed by atoms with Crippen LogP contribution in [0.1, 0.15) is 12.8 Å². The minimum absolute atomic E-state index is 1.15. The molecule has 0 heterocycles. The molecule has 0 fully saturated rings. The maximum absolute atomic E-state index is 2.18. The van der Waals surface area contributed by atoms with E-state index in [1.54, 1.807) is 0 Å². The van der Waals surface area contributed by atoms with Gasteiger partial charge in [0.05, 0.1) is 0 Å². The van der Waals surface area contributed by atoms with Crippen LogP contribution in [-0.2, 0) is 0 Å². The smallest absolute Gasteiger partial charge is 0.0313 e. The van der Waals surface area contributed by atoms with Crippen LogP contribution >= 0.6 is 0 Å². The Kier molecular flexibility index (Phi) is 3.40. The van der Waals surface area contributed by atoms with Gasteiger partial charge in [0.1, 0.15) is 0 Å². The molecule has 10 heavy (non-hydrogen) atoms. The second-order valence-corrected chi connectivity index (χ2v) is 2.20. The van der Waals surface area contributed by atoms with Crippen LogP contribution in [-0.4, -0.2) is 0 Å². The molecule has 0 heteroatoms. The lowest BCUT2D eigenvalue weighted by Crippen LogP contribution is -1.64. The first-order chi connectivity index (χ1) is 5.00. The summed E-state index contributed by atoms with van der Waals surface area (Å²) in [4.78, 5) is 0. The lowest BCUT2D eigenvalue weighted by Gasteiger charge is -1.85. The van der Waals surface area contributed by atoms with Crippen molar-refractivity contribution in [1.29, 1.82) is 0 Å². The highest BCUT2D eigenvalue weighted by Gasteiger charge is 1.74. The number of rotatable bonds is 0. The van der Waals surface area contributed by atoms with Crippen molar-refractivity contribution in [3.05, 3.63) is 48.6 Å². The van der Waals surface area contributed by atoms with Crippen molar-refractivity contribution in [2.45, 2.75) is 12.8 Å². The fraction of sp³-hybridized carbons (Fsp3) is 0.200. The molecule has 0 amide bonds. The molecule has 0 aliphatic heterocycles. The van der Waals surface area contributed by atoms with E-state index in [4.69, 9.17) is 0 Å². The van der Waals surface area contributed by atoms with Gasteiger partial charge in [-0.3, -0.25) is 0 Å². The van der Waals surface area contributed by atoms with Crippen molar-refractivity contribution in [3.8, 4) is 0 Å². The molecule has 0 N–H and O–H groups in total. The molecule has 0 aromatic carbocycles. The summed E-state index contributed by atoms with van der Waals surface area (Å²) in [7, 11) is 0. The lowest BCUT2D eigenvalue weighted by molar-refractivity contribution is 1.05. The van der Waals surface area contributed by atoms with Crippen molar-refractivity contribution in [2.75, 3.05) is 0 Å². The van der Waals surface area contributed by atoms with Gasteiger partial charge >= 0.3 is 0 Å². The van der Waals surface area contributed by atoms with E-state index in [0.29, 0.717) is 0 Å². The third-order valence-electron chi connectivity index (χ3n) is 1.33. The van der Waals surface area contributed by atoms with E-state index in [9.17, 15) is 0 Å². The molecule has 1 rings (SSSR count). The van der Waals surface area contributed by atoms with Crippen LogP contribution in [0.5, 0.6) is 0 Å². The minimum Gasteiger partial charge on any atom is -0.0842 e. The molecule has 0 bridgehead atoms. The molecule has 1 aliphatic carbocycles. The van der Waals surface area contributed by atoms with E-state index < -0.39 is 0 Å². The second kappa shape index (κ2) is 4.80. The Hall–Kier alpha value is -1.04. The van der Waals surface area contributed by atoms with Crippen molar-refractivity contribution in [3.63, 3.8) is 0 Å². The molecule has 0 spiro atoms. The molecule has 0 aromatic rings. The maximum Gasteiger partial charge on any atom is -0.0313 e. The molecule has 0 unspecified atom stereocenters. The third-order valence-corrected chi connectivity index (χ3v) is 1.33. The van der Waals surface area contributed by atoms with Gasteiger partial charge in [-0.05, 0) is 12.8 Å². The summed E-state index contributed by atoms with van der Waals surface area (Å²) in [5, 5.41) is 0. The van der Waals surface area contributed by atoms with Crippen LogP contribution < -0.4 is 0 Å². The van der Waals surface area contributed by atoms with Crippen molar-refractivity contribution in [1.82, 2.24) is 0 Å². The topological polar surface area (TPSA) is 0 Å². The average Bonchev–Trinajstić information content (AvgIpc) is 2.01. The van der Waals surface area contributed by atoms with Gasteiger partial charge in [0.25, 0.3) is 0 Å². The first-order valence-electron chi connectivity index (χ1n) is 3.65. The Morgan fingerprint density at radius 3 is 1.40 bits per heavy atom. The maximum atomic E-state index is 2.18. The molecule has 0 aromatic heterocycles. The van der Waals surface area contributed by atoms with Crippen LogP contribution in [0.3, 0.4) is 0 Å². The summed E-state index contributed by atoms with van der Waals surface area (Å²) < 4.78 is 0. The highest BCUT2D eigenvalue weighted by Crippen LogP contribution is 1.95. The Bertz CT molecular complexity index is 158.